The molecular weight excluding hydrogens is 268 g/mol. The summed E-state index contributed by atoms with van der Waals surface area (Å²) in [6.45, 7) is 7.99. The van der Waals surface area contributed by atoms with Gasteiger partial charge in [0.05, 0.1) is 0 Å². The van der Waals surface area contributed by atoms with Gasteiger partial charge in [-0.1, -0.05) is 35.9 Å². The first-order valence-corrected chi connectivity index (χ1v) is 7.17. The highest BCUT2D eigenvalue weighted by Gasteiger charge is 2.17. The molecule has 112 valence electrons. The van der Waals surface area contributed by atoms with Crippen LogP contribution in [0, 0.1) is 25.5 Å². The number of hydrogen-bond donors (Lipinski definition) is 1. The van der Waals surface area contributed by atoms with E-state index in [4.69, 9.17) is 0 Å². The Balaban J connectivity index is 2.21. The predicted octanol–water partition coefficient (Wildman–Crippen LogP) is 4.99. The van der Waals surface area contributed by atoms with E-state index in [0.29, 0.717) is 5.56 Å². The van der Waals surface area contributed by atoms with Crippen molar-refractivity contribution < 1.29 is 8.78 Å². The zero-order valence-corrected chi connectivity index (χ0v) is 12.9. The molecule has 21 heavy (non-hydrogen) atoms. The quantitative estimate of drug-likeness (QED) is 0.835. The van der Waals surface area contributed by atoms with E-state index in [1.54, 1.807) is 6.07 Å². The van der Waals surface area contributed by atoms with Crippen molar-refractivity contribution in [3.8, 4) is 0 Å². The van der Waals surface area contributed by atoms with Gasteiger partial charge in [-0.15, -0.1) is 0 Å². The van der Waals surface area contributed by atoms with Gasteiger partial charge in [-0.2, -0.15) is 0 Å². The lowest BCUT2D eigenvalue weighted by Crippen LogP contribution is -2.24. The van der Waals surface area contributed by atoms with Crippen LogP contribution in [0.4, 0.5) is 8.78 Å². The molecule has 2 aromatic rings. The SMILES string of the molecule is Cc1ccc(C)c(C(C)NC(C)c2cccc(F)c2F)c1. The van der Waals surface area contributed by atoms with Crippen LogP contribution in [-0.2, 0) is 0 Å². The normalized spacial score (nSPS) is 14.0. The summed E-state index contributed by atoms with van der Waals surface area (Å²) >= 11 is 0. The van der Waals surface area contributed by atoms with Crippen LogP contribution >= 0.6 is 0 Å². The third kappa shape index (κ3) is 3.48. The lowest BCUT2D eigenvalue weighted by molar-refractivity contribution is 0.448. The molecule has 1 N–H and O–H groups in total. The molecule has 0 aromatic heterocycles. The minimum Gasteiger partial charge on any atom is -0.304 e. The number of halogens is 2. The Labute approximate surface area is 125 Å². The maximum absolute atomic E-state index is 13.8. The number of nitrogens with one attached hydrogen (secondary N) is 1. The van der Waals surface area contributed by atoms with E-state index in [2.05, 4.69) is 30.4 Å². The Morgan fingerprint density at radius 1 is 0.905 bits per heavy atom. The summed E-state index contributed by atoms with van der Waals surface area (Å²) in [5.74, 6) is -1.58. The van der Waals surface area contributed by atoms with E-state index in [0.717, 1.165) is 6.07 Å². The Bertz CT molecular complexity index is 631. The molecule has 0 heterocycles. The molecule has 0 aliphatic rings. The maximum Gasteiger partial charge on any atom is 0.163 e. The second-order valence-corrected chi connectivity index (χ2v) is 5.61. The van der Waals surface area contributed by atoms with Gasteiger partial charge in [-0.3, -0.25) is 0 Å². The van der Waals surface area contributed by atoms with E-state index in [-0.39, 0.29) is 12.1 Å². The minimum atomic E-state index is -0.805. The molecule has 0 amide bonds. The van der Waals surface area contributed by atoms with Gasteiger partial charge >= 0.3 is 0 Å². The van der Waals surface area contributed by atoms with Gasteiger partial charge in [0.25, 0.3) is 0 Å². The van der Waals surface area contributed by atoms with E-state index >= 15 is 0 Å². The third-order valence-corrected chi connectivity index (χ3v) is 3.85. The summed E-state index contributed by atoms with van der Waals surface area (Å²) in [5, 5.41) is 3.34. The monoisotopic (exact) mass is 289 g/mol. The Hall–Kier alpha value is -1.74. The first-order chi connectivity index (χ1) is 9.90. The highest BCUT2D eigenvalue weighted by Crippen LogP contribution is 2.25. The summed E-state index contributed by atoms with van der Waals surface area (Å²) in [5.41, 5.74) is 3.91. The topological polar surface area (TPSA) is 12.0 Å². The fraction of sp³-hybridized carbons (Fsp3) is 0.333. The molecule has 0 radical (unpaired) electrons. The molecule has 0 fully saturated rings. The lowest BCUT2D eigenvalue weighted by atomic mass is 9.98. The van der Waals surface area contributed by atoms with Crippen LogP contribution < -0.4 is 5.32 Å². The Morgan fingerprint density at radius 3 is 2.29 bits per heavy atom. The van der Waals surface area contributed by atoms with Crippen molar-refractivity contribution in [2.75, 3.05) is 0 Å². The third-order valence-electron chi connectivity index (χ3n) is 3.85. The zero-order chi connectivity index (χ0) is 15.6. The van der Waals surface area contributed by atoms with Crippen molar-refractivity contribution in [1.29, 1.82) is 0 Å². The van der Waals surface area contributed by atoms with Crippen LogP contribution in [0.3, 0.4) is 0 Å². The number of rotatable bonds is 4. The van der Waals surface area contributed by atoms with E-state index in [1.165, 1.54) is 22.8 Å². The molecule has 0 aliphatic heterocycles. The zero-order valence-electron chi connectivity index (χ0n) is 12.9. The van der Waals surface area contributed by atoms with Gasteiger partial charge in [-0.25, -0.2) is 8.78 Å². The van der Waals surface area contributed by atoms with Gasteiger partial charge < -0.3 is 5.32 Å². The van der Waals surface area contributed by atoms with E-state index in [9.17, 15) is 8.78 Å². The fourth-order valence-electron chi connectivity index (χ4n) is 2.64. The molecular formula is C18H21F2N. The molecule has 0 saturated heterocycles. The first kappa shape index (κ1) is 15.6. The Morgan fingerprint density at radius 2 is 1.57 bits per heavy atom. The van der Waals surface area contributed by atoms with Gasteiger partial charge in [-0.05, 0) is 44.9 Å². The molecule has 0 bridgehead atoms. The largest absolute Gasteiger partial charge is 0.304 e. The molecule has 1 nitrogen and oxygen atoms in total. The van der Waals surface area contributed by atoms with Crippen LogP contribution in [0.5, 0.6) is 0 Å². The predicted molar refractivity (Wildman–Crippen MR) is 82.2 cm³/mol. The molecule has 3 heteroatoms. The molecule has 2 atom stereocenters. The van der Waals surface area contributed by atoms with Crippen molar-refractivity contribution >= 4 is 0 Å². The van der Waals surface area contributed by atoms with Crippen molar-refractivity contribution in [2.24, 2.45) is 0 Å². The molecule has 2 unspecified atom stereocenters. The van der Waals surface area contributed by atoms with Gasteiger partial charge in [0.1, 0.15) is 0 Å². The molecule has 2 rings (SSSR count). The highest BCUT2D eigenvalue weighted by atomic mass is 19.2. The summed E-state index contributed by atoms with van der Waals surface area (Å²) in [7, 11) is 0. The minimum absolute atomic E-state index is 0.0579. The summed E-state index contributed by atoms with van der Waals surface area (Å²) in [6, 6.07) is 10.4. The first-order valence-electron chi connectivity index (χ1n) is 7.17. The second kappa shape index (κ2) is 6.35. The van der Waals surface area contributed by atoms with Gasteiger partial charge in [0.2, 0.25) is 0 Å². The standard InChI is InChI=1S/C18H21F2N/c1-11-8-9-12(2)16(10-11)14(4)21-13(3)15-6-5-7-17(19)18(15)20/h5-10,13-14,21H,1-4H3. The molecule has 0 aliphatic carbocycles. The van der Waals surface area contributed by atoms with Crippen molar-refractivity contribution in [3.63, 3.8) is 0 Å². The molecule has 0 saturated carbocycles. The summed E-state index contributed by atoms with van der Waals surface area (Å²) in [6.07, 6.45) is 0. The van der Waals surface area contributed by atoms with Crippen LogP contribution in [0.2, 0.25) is 0 Å². The number of aryl methyl sites for hydroxylation is 2. The smallest absolute Gasteiger partial charge is 0.163 e. The van der Waals surface area contributed by atoms with E-state index < -0.39 is 11.6 Å². The van der Waals surface area contributed by atoms with E-state index in [1.807, 2.05) is 20.8 Å². The number of benzene rings is 2. The average molecular weight is 289 g/mol. The van der Waals surface area contributed by atoms with Crippen LogP contribution in [0.25, 0.3) is 0 Å². The van der Waals surface area contributed by atoms with Gasteiger partial charge in [0, 0.05) is 17.6 Å². The highest BCUT2D eigenvalue weighted by molar-refractivity contribution is 5.33. The second-order valence-electron chi connectivity index (χ2n) is 5.61. The fourth-order valence-corrected chi connectivity index (χ4v) is 2.64. The van der Waals surface area contributed by atoms with Crippen LogP contribution in [-0.4, -0.2) is 0 Å². The van der Waals surface area contributed by atoms with Gasteiger partial charge in [0.15, 0.2) is 11.6 Å². The summed E-state index contributed by atoms with van der Waals surface area (Å²) in [4.78, 5) is 0. The van der Waals surface area contributed by atoms with Crippen molar-refractivity contribution in [2.45, 2.75) is 39.8 Å². The maximum atomic E-state index is 13.8. The van der Waals surface area contributed by atoms with Crippen LogP contribution in [0.15, 0.2) is 36.4 Å². The number of hydrogen-bond acceptors (Lipinski definition) is 1. The Kier molecular flexibility index (Phi) is 4.73. The van der Waals surface area contributed by atoms with Crippen molar-refractivity contribution in [1.82, 2.24) is 5.32 Å². The average Bonchev–Trinajstić information content (AvgIpc) is 2.44. The van der Waals surface area contributed by atoms with Crippen LogP contribution in [0.1, 0.15) is 48.2 Å². The molecule has 2 aromatic carbocycles. The van der Waals surface area contributed by atoms with Crippen molar-refractivity contribution in [3.05, 3.63) is 70.3 Å². The molecule has 0 spiro atoms. The lowest BCUT2D eigenvalue weighted by Gasteiger charge is -2.23. The summed E-state index contributed by atoms with van der Waals surface area (Å²) < 4.78 is 27.1.